The minimum Gasteiger partial charge on any atom is -0.376 e. The van der Waals surface area contributed by atoms with Crippen LogP contribution in [0.15, 0.2) is 12.3 Å². The van der Waals surface area contributed by atoms with E-state index in [2.05, 4.69) is 45.9 Å². The number of ether oxygens (including phenoxy) is 1. The summed E-state index contributed by atoms with van der Waals surface area (Å²) in [5, 5.41) is 0.858. The molecule has 0 amide bonds. The Bertz CT molecular complexity index is 378. The first-order valence-electron chi connectivity index (χ1n) is 6.05. The highest BCUT2D eigenvalue weighted by Crippen LogP contribution is 2.20. The third-order valence-electron chi connectivity index (χ3n) is 3.12. The van der Waals surface area contributed by atoms with Crippen LogP contribution >= 0.6 is 15.9 Å². The summed E-state index contributed by atoms with van der Waals surface area (Å²) in [6, 6.07) is 2.18. The van der Waals surface area contributed by atoms with E-state index in [4.69, 9.17) is 4.74 Å². The molecule has 1 aliphatic heterocycles. The van der Waals surface area contributed by atoms with Crippen LogP contribution in [0.4, 0.5) is 5.82 Å². The van der Waals surface area contributed by atoms with Gasteiger partial charge in [0.25, 0.3) is 0 Å². The maximum absolute atomic E-state index is 5.65. The lowest BCUT2D eigenvalue weighted by Crippen LogP contribution is -2.29. The molecule has 2 rings (SSSR count). The van der Waals surface area contributed by atoms with Gasteiger partial charge in [0, 0.05) is 31.7 Å². The Kier molecular flexibility index (Phi) is 4.40. The summed E-state index contributed by atoms with van der Waals surface area (Å²) in [4.78, 5) is 6.73. The highest BCUT2D eigenvalue weighted by Gasteiger charge is 2.18. The Morgan fingerprint density at radius 2 is 2.41 bits per heavy atom. The van der Waals surface area contributed by atoms with E-state index in [1.165, 1.54) is 24.0 Å². The van der Waals surface area contributed by atoms with E-state index in [1.807, 2.05) is 6.20 Å². The molecule has 0 bridgehead atoms. The van der Waals surface area contributed by atoms with Crippen molar-refractivity contribution in [3.8, 4) is 0 Å². The fourth-order valence-electron chi connectivity index (χ4n) is 2.28. The second-order valence-corrected chi connectivity index (χ2v) is 5.19. The average molecular weight is 299 g/mol. The van der Waals surface area contributed by atoms with Crippen molar-refractivity contribution in [1.29, 1.82) is 0 Å². The molecule has 0 spiro atoms. The van der Waals surface area contributed by atoms with Crippen LogP contribution in [0.25, 0.3) is 0 Å². The summed E-state index contributed by atoms with van der Waals surface area (Å²) >= 11 is 3.45. The number of rotatable bonds is 4. The average Bonchev–Trinajstić information content (AvgIpc) is 2.81. The number of pyridine rings is 1. The zero-order valence-electron chi connectivity index (χ0n) is 10.4. The normalized spacial score (nSPS) is 19.6. The van der Waals surface area contributed by atoms with Crippen molar-refractivity contribution < 1.29 is 4.74 Å². The predicted molar refractivity (Wildman–Crippen MR) is 73.8 cm³/mol. The highest BCUT2D eigenvalue weighted by molar-refractivity contribution is 9.08. The summed E-state index contributed by atoms with van der Waals surface area (Å²) in [6.45, 7) is 3.95. The first kappa shape index (κ1) is 12.8. The van der Waals surface area contributed by atoms with Crippen molar-refractivity contribution in [3.63, 3.8) is 0 Å². The fraction of sp³-hybridized carbons (Fsp3) is 0.615. The molecule has 1 aromatic rings. The zero-order chi connectivity index (χ0) is 12.3. The van der Waals surface area contributed by atoms with Gasteiger partial charge in [-0.05, 0) is 30.9 Å². The lowest BCUT2D eigenvalue weighted by Gasteiger charge is -2.23. The molecule has 1 unspecified atom stereocenters. The van der Waals surface area contributed by atoms with E-state index in [9.17, 15) is 0 Å². The molecule has 17 heavy (non-hydrogen) atoms. The minimum absolute atomic E-state index is 0.372. The first-order valence-corrected chi connectivity index (χ1v) is 7.17. The number of hydrogen-bond acceptors (Lipinski definition) is 3. The van der Waals surface area contributed by atoms with Gasteiger partial charge in [-0.1, -0.05) is 22.0 Å². The summed E-state index contributed by atoms with van der Waals surface area (Å²) in [5.74, 6) is 1.06. The molecule has 0 aromatic carbocycles. The van der Waals surface area contributed by atoms with Crippen LogP contribution in [-0.4, -0.2) is 31.3 Å². The lowest BCUT2D eigenvalue weighted by atomic mass is 10.2. The largest absolute Gasteiger partial charge is 0.376 e. The molecule has 3 nitrogen and oxygen atoms in total. The van der Waals surface area contributed by atoms with Crippen LogP contribution in [0.2, 0.25) is 0 Å². The summed E-state index contributed by atoms with van der Waals surface area (Å²) < 4.78 is 5.65. The third kappa shape index (κ3) is 3.19. The van der Waals surface area contributed by atoms with Gasteiger partial charge in [-0.15, -0.1) is 0 Å². The van der Waals surface area contributed by atoms with Gasteiger partial charge in [0.15, 0.2) is 0 Å². The molecular formula is C13H19BrN2O. The van der Waals surface area contributed by atoms with Gasteiger partial charge in [-0.25, -0.2) is 4.98 Å². The van der Waals surface area contributed by atoms with Crippen molar-refractivity contribution in [3.05, 3.63) is 23.4 Å². The number of aryl methyl sites for hydroxylation is 1. The Morgan fingerprint density at radius 1 is 1.59 bits per heavy atom. The molecule has 1 saturated heterocycles. The van der Waals surface area contributed by atoms with Gasteiger partial charge in [0.2, 0.25) is 0 Å². The molecule has 1 fully saturated rings. The van der Waals surface area contributed by atoms with Crippen LogP contribution in [0, 0.1) is 6.92 Å². The van der Waals surface area contributed by atoms with Gasteiger partial charge < -0.3 is 9.64 Å². The third-order valence-corrected chi connectivity index (χ3v) is 3.77. The Hall–Kier alpha value is -0.610. The second-order valence-electron chi connectivity index (χ2n) is 4.63. The van der Waals surface area contributed by atoms with E-state index in [1.54, 1.807) is 0 Å². The van der Waals surface area contributed by atoms with Crippen LogP contribution < -0.4 is 4.90 Å². The SMILES string of the molecule is Cc1cc(CBr)cnc1N(C)CC1CCCO1. The van der Waals surface area contributed by atoms with Crippen LogP contribution in [0.3, 0.4) is 0 Å². The van der Waals surface area contributed by atoms with Crippen molar-refractivity contribution >= 4 is 21.7 Å². The molecule has 1 aliphatic rings. The van der Waals surface area contributed by atoms with Crippen molar-refractivity contribution in [2.24, 2.45) is 0 Å². The predicted octanol–water partition coefficient (Wildman–Crippen LogP) is 2.90. The number of likely N-dealkylation sites (N-methyl/N-ethyl adjacent to an activating group) is 1. The van der Waals surface area contributed by atoms with E-state index in [0.29, 0.717) is 6.10 Å². The van der Waals surface area contributed by atoms with Crippen molar-refractivity contribution in [2.75, 3.05) is 25.1 Å². The van der Waals surface area contributed by atoms with E-state index in [0.717, 1.165) is 24.3 Å². The fourth-order valence-corrected chi connectivity index (χ4v) is 2.59. The topological polar surface area (TPSA) is 25.4 Å². The highest BCUT2D eigenvalue weighted by atomic mass is 79.9. The summed E-state index contributed by atoms with van der Waals surface area (Å²) in [6.07, 6.45) is 4.66. The standard InChI is InChI=1S/C13H19BrN2O/c1-10-6-11(7-14)8-15-13(10)16(2)9-12-4-3-5-17-12/h6,8,12H,3-5,7,9H2,1-2H3. The molecule has 1 atom stereocenters. The van der Waals surface area contributed by atoms with Crippen LogP contribution in [-0.2, 0) is 10.1 Å². The van der Waals surface area contributed by atoms with E-state index >= 15 is 0 Å². The number of anilines is 1. The maximum Gasteiger partial charge on any atom is 0.131 e. The monoisotopic (exact) mass is 298 g/mol. The van der Waals surface area contributed by atoms with Crippen molar-refractivity contribution in [1.82, 2.24) is 4.98 Å². The lowest BCUT2D eigenvalue weighted by molar-refractivity contribution is 0.116. The van der Waals surface area contributed by atoms with Crippen LogP contribution in [0.1, 0.15) is 24.0 Å². The van der Waals surface area contributed by atoms with E-state index < -0.39 is 0 Å². The smallest absolute Gasteiger partial charge is 0.131 e. The first-order chi connectivity index (χ1) is 8.20. The van der Waals surface area contributed by atoms with Gasteiger partial charge in [0.1, 0.15) is 5.82 Å². The molecule has 4 heteroatoms. The van der Waals surface area contributed by atoms with Gasteiger partial charge in [-0.3, -0.25) is 0 Å². The molecule has 0 saturated carbocycles. The molecule has 0 radical (unpaired) electrons. The number of halogens is 1. The minimum atomic E-state index is 0.372. The van der Waals surface area contributed by atoms with E-state index in [-0.39, 0.29) is 0 Å². The molecule has 0 N–H and O–H groups in total. The molecular weight excluding hydrogens is 280 g/mol. The molecule has 0 aliphatic carbocycles. The number of alkyl halides is 1. The second kappa shape index (κ2) is 5.83. The maximum atomic E-state index is 5.65. The van der Waals surface area contributed by atoms with Gasteiger partial charge in [0.05, 0.1) is 6.10 Å². The number of aromatic nitrogens is 1. The molecule has 2 heterocycles. The Labute approximate surface area is 111 Å². The number of hydrogen-bond donors (Lipinski definition) is 0. The van der Waals surface area contributed by atoms with Crippen molar-refractivity contribution in [2.45, 2.75) is 31.2 Å². The summed E-state index contributed by atoms with van der Waals surface area (Å²) in [5.41, 5.74) is 2.44. The Balaban J connectivity index is 2.04. The Morgan fingerprint density at radius 3 is 3.00 bits per heavy atom. The zero-order valence-corrected chi connectivity index (χ0v) is 12.0. The molecule has 94 valence electrons. The number of nitrogens with zero attached hydrogens (tertiary/aromatic N) is 2. The molecule has 1 aromatic heterocycles. The van der Waals surface area contributed by atoms with Gasteiger partial charge in [-0.2, -0.15) is 0 Å². The van der Waals surface area contributed by atoms with Gasteiger partial charge >= 0.3 is 0 Å². The van der Waals surface area contributed by atoms with Crippen LogP contribution in [0.5, 0.6) is 0 Å². The summed E-state index contributed by atoms with van der Waals surface area (Å²) in [7, 11) is 2.09. The quantitative estimate of drug-likeness (QED) is 0.799.